The summed E-state index contributed by atoms with van der Waals surface area (Å²) in [6.45, 7) is 3.31. The molecule has 0 aliphatic carbocycles. The summed E-state index contributed by atoms with van der Waals surface area (Å²) < 4.78 is 6.68. The summed E-state index contributed by atoms with van der Waals surface area (Å²) in [7, 11) is 1.78. The van der Waals surface area contributed by atoms with Gasteiger partial charge >= 0.3 is 0 Å². The number of aromatic nitrogens is 1. The van der Waals surface area contributed by atoms with E-state index in [2.05, 4.69) is 15.6 Å². The molecule has 2 atom stereocenters. The van der Waals surface area contributed by atoms with Gasteiger partial charge in [-0.3, -0.25) is 9.59 Å². The van der Waals surface area contributed by atoms with Gasteiger partial charge in [0.25, 0.3) is 5.91 Å². The van der Waals surface area contributed by atoms with Crippen LogP contribution >= 0.6 is 11.3 Å². The van der Waals surface area contributed by atoms with E-state index in [1.165, 1.54) is 0 Å². The van der Waals surface area contributed by atoms with Crippen molar-refractivity contribution in [1.82, 2.24) is 15.2 Å². The SMILES string of the molecule is CC(c1nc2ccccc2s1)N(C)C(=O)CNc1ccccc1C(=O)NCC1CCCO1. The molecule has 0 radical (unpaired) electrons. The molecule has 1 aromatic heterocycles. The fourth-order valence-corrected chi connectivity index (χ4v) is 4.75. The molecule has 0 bridgehead atoms. The predicted molar refractivity (Wildman–Crippen MR) is 127 cm³/mol. The Morgan fingerprint density at radius 2 is 2.00 bits per heavy atom. The van der Waals surface area contributed by atoms with Gasteiger partial charge in [0.1, 0.15) is 5.01 Å². The molecule has 1 aliphatic rings. The highest BCUT2D eigenvalue weighted by Gasteiger charge is 2.22. The second-order valence-electron chi connectivity index (χ2n) is 7.94. The van der Waals surface area contributed by atoms with Crippen LogP contribution < -0.4 is 10.6 Å². The standard InChI is InChI=1S/C24H28N4O3S/c1-16(24-27-20-11-5-6-12-21(20)32-24)28(2)22(29)15-25-19-10-4-3-9-18(19)23(30)26-14-17-8-7-13-31-17/h3-6,9-12,16-17,25H,7-8,13-15H2,1-2H3,(H,26,30). The molecule has 2 heterocycles. The van der Waals surface area contributed by atoms with E-state index in [0.717, 1.165) is 34.7 Å². The molecule has 0 saturated carbocycles. The number of carbonyl (C=O) groups is 2. The molecule has 2 N–H and O–H groups in total. The molecule has 1 aliphatic heterocycles. The number of ether oxygens (including phenoxy) is 1. The number of anilines is 1. The van der Waals surface area contributed by atoms with E-state index in [1.807, 2.05) is 49.4 Å². The monoisotopic (exact) mass is 452 g/mol. The summed E-state index contributed by atoms with van der Waals surface area (Å²) in [4.78, 5) is 31.9. The van der Waals surface area contributed by atoms with Crippen LogP contribution in [0.1, 0.15) is 41.2 Å². The van der Waals surface area contributed by atoms with Gasteiger partial charge in [0.2, 0.25) is 5.91 Å². The van der Waals surface area contributed by atoms with Crippen LogP contribution in [0.25, 0.3) is 10.2 Å². The second kappa shape index (κ2) is 10.1. The van der Waals surface area contributed by atoms with Crippen molar-refractivity contribution in [2.75, 3.05) is 32.1 Å². The molecule has 2 amide bonds. The van der Waals surface area contributed by atoms with E-state index in [9.17, 15) is 9.59 Å². The topological polar surface area (TPSA) is 83.6 Å². The third-order valence-corrected chi connectivity index (χ3v) is 6.96. The minimum Gasteiger partial charge on any atom is -0.376 e. The van der Waals surface area contributed by atoms with Crippen LogP contribution in [0, 0.1) is 0 Å². The van der Waals surface area contributed by atoms with Crippen LogP contribution in [-0.4, -0.2) is 54.5 Å². The number of para-hydroxylation sites is 2. The molecule has 32 heavy (non-hydrogen) atoms. The number of hydrogen-bond acceptors (Lipinski definition) is 6. The van der Waals surface area contributed by atoms with Gasteiger partial charge in [-0.25, -0.2) is 4.98 Å². The van der Waals surface area contributed by atoms with Crippen molar-refractivity contribution in [2.45, 2.75) is 31.9 Å². The summed E-state index contributed by atoms with van der Waals surface area (Å²) in [6, 6.07) is 15.0. The number of rotatable bonds is 8. The molecule has 2 aromatic carbocycles. The van der Waals surface area contributed by atoms with Crippen molar-refractivity contribution >= 4 is 39.1 Å². The van der Waals surface area contributed by atoms with Crippen LogP contribution in [0.3, 0.4) is 0 Å². The van der Waals surface area contributed by atoms with E-state index in [-0.39, 0.29) is 30.5 Å². The lowest BCUT2D eigenvalue weighted by Gasteiger charge is -2.24. The smallest absolute Gasteiger partial charge is 0.253 e. The number of likely N-dealkylation sites (N-methyl/N-ethyl adjacent to an activating group) is 1. The number of hydrogen-bond donors (Lipinski definition) is 2. The van der Waals surface area contributed by atoms with Crippen molar-refractivity contribution in [2.24, 2.45) is 0 Å². The molecule has 168 valence electrons. The number of nitrogens with one attached hydrogen (secondary N) is 2. The third-order valence-electron chi connectivity index (χ3n) is 5.76. The Morgan fingerprint density at radius 1 is 1.22 bits per heavy atom. The normalized spacial score (nSPS) is 16.6. The fourth-order valence-electron chi connectivity index (χ4n) is 3.69. The quantitative estimate of drug-likeness (QED) is 0.543. The summed E-state index contributed by atoms with van der Waals surface area (Å²) in [6.07, 6.45) is 2.08. The number of benzene rings is 2. The summed E-state index contributed by atoms with van der Waals surface area (Å²) >= 11 is 1.60. The molecule has 3 aromatic rings. The number of fused-ring (bicyclic) bond motifs is 1. The average molecular weight is 453 g/mol. The molecular formula is C24H28N4O3S. The third kappa shape index (κ3) is 5.08. The van der Waals surface area contributed by atoms with Crippen LogP contribution in [0.2, 0.25) is 0 Å². The zero-order valence-electron chi connectivity index (χ0n) is 18.3. The Hall–Kier alpha value is -2.97. The van der Waals surface area contributed by atoms with Crippen LogP contribution in [0.15, 0.2) is 48.5 Å². The predicted octanol–water partition coefficient (Wildman–Crippen LogP) is 3.84. The van der Waals surface area contributed by atoms with Gasteiger partial charge in [-0.2, -0.15) is 0 Å². The average Bonchev–Trinajstić information content (AvgIpc) is 3.50. The molecule has 1 fully saturated rings. The summed E-state index contributed by atoms with van der Waals surface area (Å²) in [5.74, 6) is -0.251. The summed E-state index contributed by atoms with van der Waals surface area (Å²) in [5, 5.41) is 6.97. The minimum absolute atomic E-state index is 0.0775. The van der Waals surface area contributed by atoms with Crippen molar-refractivity contribution in [3.05, 3.63) is 59.1 Å². The first-order valence-corrected chi connectivity index (χ1v) is 11.7. The highest BCUT2D eigenvalue weighted by atomic mass is 32.1. The Kier molecular flexibility index (Phi) is 7.02. The van der Waals surface area contributed by atoms with Gasteiger partial charge in [0.15, 0.2) is 0 Å². The molecule has 2 unspecified atom stereocenters. The number of nitrogens with zero attached hydrogens (tertiary/aromatic N) is 2. The van der Waals surface area contributed by atoms with Gasteiger partial charge in [-0.15, -0.1) is 11.3 Å². The Balaban J connectivity index is 1.36. The molecule has 1 saturated heterocycles. The first-order chi connectivity index (χ1) is 15.5. The first-order valence-electron chi connectivity index (χ1n) is 10.9. The largest absolute Gasteiger partial charge is 0.376 e. The Labute approximate surface area is 191 Å². The van der Waals surface area contributed by atoms with Crippen molar-refractivity contribution < 1.29 is 14.3 Å². The number of carbonyl (C=O) groups excluding carboxylic acids is 2. The Morgan fingerprint density at radius 3 is 2.78 bits per heavy atom. The molecule has 8 heteroatoms. The van der Waals surface area contributed by atoms with E-state index in [0.29, 0.717) is 17.8 Å². The number of thiazole rings is 1. The van der Waals surface area contributed by atoms with E-state index in [1.54, 1.807) is 29.4 Å². The fraction of sp³-hybridized carbons (Fsp3) is 0.375. The molecular weight excluding hydrogens is 424 g/mol. The maximum absolute atomic E-state index is 12.9. The van der Waals surface area contributed by atoms with Gasteiger partial charge in [0, 0.05) is 25.9 Å². The zero-order valence-corrected chi connectivity index (χ0v) is 19.2. The molecule has 4 rings (SSSR count). The van der Waals surface area contributed by atoms with Crippen molar-refractivity contribution in [1.29, 1.82) is 0 Å². The van der Waals surface area contributed by atoms with Gasteiger partial charge < -0.3 is 20.3 Å². The van der Waals surface area contributed by atoms with Crippen LogP contribution in [0.5, 0.6) is 0 Å². The zero-order chi connectivity index (χ0) is 22.5. The second-order valence-corrected chi connectivity index (χ2v) is 9.01. The van der Waals surface area contributed by atoms with Gasteiger partial charge in [-0.05, 0) is 44.0 Å². The van der Waals surface area contributed by atoms with Crippen LogP contribution in [0.4, 0.5) is 5.69 Å². The van der Waals surface area contributed by atoms with Crippen molar-refractivity contribution in [3.63, 3.8) is 0 Å². The van der Waals surface area contributed by atoms with E-state index >= 15 is 0 Å². The van der Waals surface area contributed by atoms with Gasteiger partial charge in [0.05, 0.1) is 34.5 Å². The molecule has 0 spiro atoms. The highest BCUT2D eigenvalue weighted by Crippen LogP contribution is 2.29. The number of amides is 2. The van der Waals surface area contributed by atoms with Crippen LogP contribution in [-0.2, 0) is 9.53 Å². The molecule has 7 nitrogen and oxygen atoms in total. The van der Waals surface area contributed by atoms with Crippen molar-refractivity contribution in [3.8, 4) is 0 Å². The lowest BCUT2D eigenvalue weighted by molar-refractivity contribution is -0.129. The maximum atomic E-state index is 12.9. The highest BCUT2D eigenvalue weighted by molar-refractivity contribution is 7.18. The van der Waals surface area contributed by atoms with E-state index in [4.69, 9.17) is 4.74 Å². The Bertz CT molecular complexity index is 1060. The minimum atomic E-state index is -0.174. The van der Waals surface area contributed by atoms with Gasteiger partial charge in [-0.1, -0.05) is 24.3 Å². The summed E-state index contributed by atoms with van der Waals surface area (Å²) in [5.41, 5.74) is 2.09. The lowest BCUT2D eigenvalue weighted by atomic mass is 10.1. The van der Waals surface area contributed by atoms with E-state index < -0.39 is 0 Å². The first kappa shape index (κ1) is 22.2. The lowest BCUT2D eigenvalue weighted by Crippen LogP contribution is -2.35. The maximum Gasteiger partial charge on any atom is 0.253 e.